The van der Waals surface area contributed by atoms with Gasteiger partial charge in [0, 0.05) is 6.08 Å². The molecular weight excluding hydrogens is 284 g/mol. The molecule has 0 radical (unpaired) electrons. The van der Waals surface area contributed by atoms with E-state index in [1.165, 1.54) is 18.9 Å². The summed E-state index contributed by atoms with van der Waals surface area (Å²) >= 11 is 0. The number of hydrogen-bond acceptors (Lipinski definition) is 2. The van der Waals surface area contributed by atoms with E-state index in [1.54, 1.807) is 0 Å². The SMILES string of the molecule is C=CC(=O)OCC(CC)CCCC.C=Cc1ccc(C=C)cc1. The number of hydrogen-bond donors (Lipinski definition) is 0. The van der Waals surface area contributed by atoms with Gasteiger partial charge in [0.05, 0.1) is 6.61 Å². The fraction of sp³-hybridized carbons (Fsp3) is 0.381. The lowest BCUT2D eigenvalue weighted by atomic mass is 10.0. The normalized spacial score (nSPS) is 10.7. The van der Waals surface area contributed by atoms with Crippen LogP contribution >= 0.6 is 0 Å². The van der Waals surface area contributed by atoms with Crippen LogP contribution in [0.3, 0.4) is 0 Å². The minimum Gasteiger partial charge on any atom is -0.462 e. The van der Waals surface area contributed by atoms with Gasteiger partial charge in [0.15, 0.2) is 0 Å². The molecular formula is C21H30O2. The predicted octanol–water partition coefficient (Wildman–Crippen LogP) is 5.90. The lowest BCUT2D eigenvalue weighted by molar-refractivity contribution is -0.139. The molecule has 0 aliphatic rings. The quantitative estimate of drug-likeness (QED) is 0.418. The number of esters is 1. The van der Waals surface area contributed by atoms with Gasteiger partial charge in [0.25, 0.3) is 0 Å². The summed E-state index contributed by atoms with van der Waals surface area (Å²) in [5.74, 6) is 0.207. The topological polar surface area (TPSA) is 26.3 Å². The fourth-order valence-electron chi connectivity index (χ4n) is 1.93. The summed E-state index contributed by atoms with van der Waals surface area (Å²) in [5.41, 5.74) is 2.29. The zero-order chi connectivity index (χ0) is 17.5. The van der Waals surface area contributed by atoms with Gasteiger partial charge < -0.3 is 4.74 Å². The first kappa shape index (κ1) is 20.9. The second kappa shape index (κ2) is 13.6. The Kier molecular flexibility index (Phi) is 12.3. The van der Waals surface area contributed by atoms with Crippen LogP contribution in [0.5, 0.6) is 0 Å². The minimum atomic E-state index is -0.310. The van der Waals surface area contributed by atoms with Crippen molar-refractivity contribution >= 4 is 18.1 Å². The van der Waals surface area contributed by atoms with Crippen LogP contribution < -0.4 is 0 Å². The molecule has 1 unspecified atom stereocenters. The largest absolute Gasteiger partial charge is 0.462 e. The van der Waals surface area contributed by atoms with Gasteiger partial charge in [-0.15, -0.1) is 0 Å². The summed E-state index contributed by atoms with van der Waals surface area (Å²) in [7, 11) is 0. The Morgan fingerprint density at radius 3 is 1.96 bits per heavy atom. The molecule has 0 spiro atoms. The van der Waals surface area contributed by atoms with Crippen molar-refractivity contribution in [2.45, 2.75) is 39.5 Å². The molecule has 126 valence electrons. The van der Waals surface area contributed by atoms with Crippen LogP contribution in [0.2, 0.25) is 0 Å². The van der Waals surface area contributed by atoms with E-state index in [-0.39, 0.29) is 5.97 Å². The third-order valence-electron chi connectivity index (χ3n) is 3.58. The second-order valence-electron chi connectivity index (χ2n) is 5.33. The van der Waals surface area contributed by atoms with Crippen LogP contribution in [0.4, 0.5) is 0 Å². The first-order valence-corrected chi connectivity index (χ1v) is 8.25. The highest BCUT2D eigenvalue weighted by Crippen LogP contribution is 2.12. The Morgan fingerprint density at radius 1 is 1.09 bits per heavy atom. The van der Waals surface area contributed by atoms with E-state index >= 15 is 0 Å². The first-order chi connectivity index (χ1) is 11.1. The molecule has 0 bridgehead atoms. The van der Waals surface area contributed by atoms with Gasteiger partial charge in [-0.1, -0.05) is 89.3 Å². The van der Waals surface area contributed by atoms with Gasteiger partial charge in [0.2, 0.25) is 0 Å². The summed E-state index contributed by atoms with van der Waals surface area (Å²) in [6.45, 7) is 15.5. The molecule has 0 aliphatic heterocycles. The Balaban J connectivity index is 0.000000433. The van der Waals surface area contributed by atoms with Gasteiger partial charge in [-0.05, 0) is 23.5 Å². The molecule has 0 aromatic heterocycles. The van der Waals surface area contributed by atoms with Gasteiger partial charge in [-0.25, -0.2) is 4.79 Å². The maximum Gasteiger partial charge on any atom is 0.330 e. The molecule has 2 nitrogen and oxygen atoms in total. The van der Waals surface area contributed by atoms with Crippen molar-refractivity contribution in [3.05, 3.63) is 61.2 Å². The van der Waals surface area contributed by atoms with Crippen molar-refractivity contribution in [2.24, 2.45) is 5.92 Å². The van der Waals surface area contributed by atoms with Crippen LogP contribution in [-0.4, -0.2) is 12.6 Å². The molecule has 0 heterocycles. The van der Waals surface area contributed by atoms with Crippen molar-refractivity contribution in [1.82, 2.24) is 0 Å². The average molecular weight is 314 g/mol. The van der Waals surface area contributed by atoms with Crippen molar-refractivity contribution in [2.75, 3.05) is 6.61 Å². The van der Waals surface area contributed by atoms with E-state index in [1.807, 2.05) is 36.4 Å². The molecule has 2 heteroatoms. The summed E-state index contributed by atoms with van der Waals surface area (Å²) in [4.78, 5) is 10.8. The minimum absolute atomic E-state index is 0.310. The average Bonchev–Trinajstić information content (AvgIpc) is 2.62. The molecule has 0 aliphatic carbocycles. The first-order valence-electron chi connectivity index (χ1n) is 8.25. The molecule has 1 aromatic rings. The lowest BCUT2D eigenvalue weighted by Crippen LogP contribution is -2.12. The molecule has 0 saturated carbocycles. The highest BCUT2D eigenvalue weighted by molar-refractivity contribution is 5.81. The number of carbonyl (C=O) groups excluding carboxylic acids is 1. The molecule has 0 amide bonds. The number of benzene rings is 1. The van der Waals surface area contributed by atoms with E-state index in [0.29, 0.717) is 12.5 Å². The van der Waals surface area contributed by atoms with Crippen molar-refractivity contribution in [1.29, 1.82) is 0 Å². The van der Waals surface area contributed by atoms with E-state index in [0.717, 1.165) is 24.0 Å². The Bertz CT molecular complexity index is 444. The fourth-order valence-corrected chi connectivity index (χ4v) is 1.93. The van der Waals surface area contributed by atoms with Crippen LogP contribution in [0.15, 0.2) is 50.1 Å². The van der Waals surface area contributed by atoms with Gasteiger partial charge >= 0.3 is 5.97 Å². The number of carbonyl (C=O) groups is 1. The van der Waals surface area contributed by atoms with E-state index in [9.17, 15) is 4.79 Å². The standard InChI is InChI=1S/C11H20O2.C10H10/c1-4-7-8-10(5-2)9-13-11(12)6-3;1-3-9-5-7-10(4-2)8-6-9/h6,10H,3-5,7-9H2,1-2H3;3-8H,1-2H2. The van der Waals surface area contributed by atoms with Crippen LogP contribution in [0.1, 0.15) is 50.7 Å². The van der Waals surface area contributed by atoms with E-state index < -0.39 is 0 Å². The molecule has 0 N–H and O–H groups in total. The van der Waals surface area contributed by atoms with Crippen LogP contribution in [-0.2, 0) is 9.53 Å². The maximum atomic E-state index is 10.8. The monoisotopic (exact) mass is 314 g/mol. The van der Waals surface area contributed by atoms with Crippen molar-refractivity contribution < 1.29 is 9.53 Å². The molecule has 1 rings (SSSR count). The summed E-state index contributed by atoms with van der Waals surface area (Å²) in [6, 6.07) is 8.07. The van der Waals surface area contributed by atoms with Crippen molar-refractivity contribution in [3.63, 3.8) is 0 Å². The Hall–Kier alpha value is -2.09. The third-order valence-corrected chi connectivity index (χ3v) is 3.58. The zero-order valence-corrected chi connectivity index (χ0v) is 14.6. The predicted molar refractivity (Wildman–Crippen MR) is 101 cm³/mol. The van der Waals surface area contributed by atoms with E-state index in [4.69, 9.17) is 4.74 Å². The highest BCUT2D eigenvalue weighted by Gasteiger charge is 2.07. The number of ether oxygens (including phenoxy) is 1. The lowest BCUT2D eigenvalue weighted by Gasteiger charge is -2.13. The summed E-state index contributed by atoms with van der Waals surface area (Å²) in [6.07, 6.45) is 9.50. The smallest absolute Gasteiger partial charge is 0.330 e. The Morgan fingerprint density at radius 2 is 1.61 bits per heavy atom. The van der Waals surface area contributed by atoms with Gasteiger partial charge in [-0.3, -0.25) is 0 Å². The van der Waals surface area contributed by atoms with Gasteiger partial charge in [0.1, 0.15) is 0 Å². The summed E-state index contributed by atoms with van der Waals surface area (Å²) < 4.78 is 4.98. The second-order valence-corrected chi connectivity index (χ2v) is 5.33. The number of rotatable bonds is 9. The van der Waals surface area contributed by atoms with Crippen LogP contribution in [0, 0.1) is 5.92 Å². The van der Waals surface area contributed by atoms with Gasteiger partial charge in [-0.2, -0.15) is 0 Å². The molecule has 1 aromatic carbocycles. The molecule has 23 heavy (non-hydrogen) atoms. The van der Waals surface area contributed by atoms with E-state index in [2.05, 4.69) is 33.6 Å². The molecule has 1 atom stereocenters. The highest BCUT2D eigenvalue weighted by atomic mass is 16.5. The third kappa shape index (κ3) is 10.3. The van der Waals surface area contributed by atoms with Crippen LogP contribution in [0.25, 0.3) is 12.2 Å². The maximum absolute atomic E-state index is 10.8. The molecule has 0 saturated heterocycles. The molecule has 0 fully saturated rings. The Labute approximate surface area is 141 Å². The van der Waals surface area contributed by atoms with Crippen molar-refractivity contribution in [3.8, 4) is 0 Å². The number of unbranched alkanes of at least 4 members (excludes halogenated alkanes) is 1. The summed E-state index contributed by atoms with van der Waals surface area (Å²) in [5, 5.41) is 0. The zero-order valence-electron chi connectivity index (χ0n) is 14.6.